The number of hydrogen-bond acceptors (Lipinski definition) is 4. The number of hydrogen-bond donors (Lipinski definition) is 2. The van der Waals surface area contributed by atoms with E-state index in [9.17, 15) is 4.79 Å². The summed E-state index contributed by atoms with van der Waals surface area (Å²) in [5, 5.41) is 17.0. The molecule has 0 aliphatic heterocycles. The minimum Gasteiger partial charge on any atom is -0.453 e. The number of amides is 1. The fourth-order valence-electron chi connectivity index (χ4n) is 0.665. The third-order valence-corrected chi connectivity index (χ3v) is 1.17. The molecular formula is C6H13NO4. The van der Waals surface area contributed by atoms with E-state index in [1.165, 1.54) is 12.0 Å². The van der Waals surface area contributed by atoms with Crippen LogP contribution >= 0.6 is 0 Å². The van der Waals surface area contributed by atoms with E-state index in [2.05, 4.69) is 4.74 Å². The highest BCUT2D eigenvalue weighted by Gasteiger charge is 2.10. The maximum absolute atomic E-state index is 10.8. The summed E-state index contributed by atoms with van der Waals surface area (Å²) in [5.41, 5.74) is 0. The molecule has 5 nitrogen and oxygen atoms in total. The van der Waals surface area contributed by atoms with Gasteiger partial charge in [0.15, 0.2) is 0 Å². The van der Waals surface area contributed by atoms with Crippen molar-refractivity contribution in [3.8, 4) is 0 Å². The van der Waals surface area contributed by atoms with Crippen LogP contribution in [0.2, 0.25) is 0 Å². The second-order valence-corrected chi connectivity index (χ2v) is 1.90. The Hall–Kier alpha value is -0.810. The lowest BCUT2D eigenvalue weighted by molar-refractivity contribution is 0.103. The number of carbonyl (C=O) groups excluding carboxylic acids is 1. The molecule has 0 saturated carbocycles. The molecule has 0 aliphatic carbocycles. The van der Waals surface area contributed by atoms with Crippen molar-refractivity contribution in [2.45, 2.75) is 0 Å². The Balaban J connectivity index is 3.76. The number of methoxy groups -OCH3 is 1. The van der Waals surface area contributed by atoms with E-state index in [1.807, 2.05) is 0 Å². The van der Waals surface area contributed by atoms with Crippen LogP contribution in [0.3, 0.4) is 0 Å². The lowest BCUT2D eigenvalue weighted by Gasteiger charge is -2.18. The Morgan fingerprint density at radius 1 is 1.36 bits per heavy atom. The van der Waals surface area contributed by atoms with Gasteiger partial charge >= 0.3 is 6.09 Å². The zero-order valence-corrected chi connectivity index (χ0v) is 6.49. The van der Waals surface area contributed by atoms with Gasteiger partial charge in [-0.1, -0.05) is 0 Å². The molecule has 0 bridgehead atoms. The molecule has 0 aromatic heterocycles. The van der Waals surface area contributed by atoms with Crippen LogP contribution in [0.5, 0.6) is 0 Å². The van der Waals surface area contributed by atoms with E-state index in [-0.39, 0.29) is 26.3 Å². The van der Waals surface area contributed by atoms with Crippen molar-refractivity contribution < 1.29 is 19.7 Å². The summed E-state index contributed by atoms with van der Waals surface area (Å²) < 4.78 is 4.38. The van der Waals surface area contributed by atoms with Gasteiger partial charge in [-0.15, -0.1) is 0 Å². The molecule has 0 aliphatic rings. The first-order valence-electron chi connectivity index (χ1n) is 3.31. The van der Waals surface area contributed by atoms with Crippen LogP contribution in [0.4, 0.5) is 4.79 Å². The van der Waals surface area contributed by atoms with E-state index in [4.69, 9.17) is 10.2 Å². The molecular weight excluding hydrogens is 150 g/mol. The Labute approximate surface area is 65.2 Å². The van der Waals surface area contributed by atoms with Crippen LogP contribution in [0.25, 0.3) is 0 Å². The van der Waals surface area contributed by atoms with E-state index in [0.29, 0.717) is 0 Å². The Bertz CT molecular complexity index is 111. The summed E-state index contributed by atoms with van der Waals surface area (Å²) in [4.78, 5) is 12.0. The van der Waals surface area contributed by atoms with Crippen molar-refractivity contribution in [1.29, 1.82) is 0 Å². The monoisotopic (exact) mass is 163 g/mol. The molecule has 11 heavy (non-hydrogen) atoms. The van der Waals surface area contributed by atoms with Crippen molar-refractivity contribution in [1.82, 2.24) is 4.90 Å². The summed E-state index contributed by atoms with van der Waals surface area (Å²) in [6.07, 6.45) is -0.534. The molecule has 5 heteroatoms. The van der Waals surface area contributed by atoms with Gasteiger partial charge in [-0.25, -0.2) is 4.79 Å². The number of aliphatic hydroxyl groups is 2. The van der Waals surface area contributed by atoms with Crippen LogP contribution < -0.4 is 0 Å². The Morgan fingerprint density at radius 2 is 1.82 bits per heavy atom. The third-order valence-electron chi connectivity index (χ3n) is 1.17. The van der Waals surface area contributed by atoms with E-state index >= 15 is 0 Å². The number of carbonyl (C=O) groups is 1. The van der Waals surface area contributed by atoms with Gasteiger partial charge in [0.1, 0.15) is 0 Å². The molecule has 1 amide bonds. The largest absolute Gasteiger partial charge is 0.453 e. The fourth-order valence-corrected chi connectivity index (χ4v) is 0.665. The van der Waals surface area contributed by atoms with Gasteiger partial charge in [0.25, 0.3) is 0 Å². The highest BCUT2D eigenvalue weighted by Crippen LogP contribution is 1.90. The molecule has 0 saturated heterocycles. The normalized spacial score (nSPS) is 9.36. The topological polar surface area (TPSA) is 70.0 Å². The van der Waals surface area contributed by atoms with Crippen LogP contribution in [0.1, 0.15) is 0 Å². The minimum atomic E-state index is -0.534. The second kappa shape index (κ2) is 5.94. The zero-order valence-electron chi connectivity index (χ0n) is 6.49. The van der Waals surface area contributed by atoms with Crippen LogP contribution in [-0.4, -0.2) is 54.6 Å². The highest BCUT2D eigenvalue weighted by molar-refractivity contribution is 5.67. The van der Waals surface area contributed by atoms with Gasteiger partial charge < -0.3 is 19.8 Å². The summed E-state index contributed by atoms with van der Waals surface area (Å²) in [7, 11) is 1.25. The van der Waals surface area contributed by atoms with Gasteiger partial charge in [-0.05, 0) is 0 Å². The molecule has 0 heterocycles. The van der Waals surface area contributed by atoms with Gasteiger partial charge in [0.05, 0.1) is 20.3 Å². The van der Waals surface area contributed by atoms with Crippen molar-refractivity contribution >= 4 is 6.09 Å². The maximum Gasteiger partial charge on any atom is 0.409 e. The minimum absolute atomic E-state index is 0.130. The van der Waals surface area contributed by atoms with Crippen molar-refractivity contribution in [3.05, 3.63) is 0 Å². The third kappa shape index (κ3) is 3.79. The van der Waals surface area contributed by atoms with Gasteiger partial charge in [0.2, 0.25) is 0 Å². The van der Waals surface area contributed by atoms with Gasteiger partial charge in [0, 0.05) is 13.1 Å². The molecule has 0 rings (SSSR count). The number of aliphatic hydroxyl groups excluding tert-OH is 2. The Morgan fingerprint density at radius 3 is 2.09 bits per heavy atom. The van der Waals surface area contributed by atoms with E-state index < -0.39 is 6.09 Å². The first kappa shape index (κ1) is 10.2. The van der Waals surface area contributed by atoms with E-state index in [1.54, 1.807) is 0 Å². The number of ether oxygens (including phenoxy) is 1. The molecule has 0 aromatic rings. The van der Waals surface area contributed by atoms with E-state index in [0.717, 1.165) is 0 Å². The summed E-state index contributed by atoms with van der Waals surface area (Å²) in [5.74, 6) is 0. The van der Waals surface area contributed by atoms with Crippen molar-refractivity contribution in [2.75, 3.05) is 33.4 Å². The standard InChI is InChI=1S/C6H13NO4/c1-11-6(10)7(2-4-8)3-5-9/h8-9H,2-5H2,1H3. The predicted molar refractivity (Wildman–Crippen MR) is 38.1 cm³/mol. The lowest BCUT2D eigenvalue weighted by Crippen LogP contribution is -2.35. The van der Waals surface area contributed by atoms with Crippen LogP contribution in [-0.2, 0) is 4.74 Å². The highest BCUT2D eigenvalue weighted by atomic mass is 16.5. The predicted octanol–water partition coefficient (Wildman–Crippen LogP) is -0.961. The van der Waals surface area contributed by atoms with Crippen LogP contribution in [0, 0.1) is 0 Å². The molecule has 0 aromatic carbocycles. The molecule has 0 radical (unpaired) electrons. The zero-order chi connectivity index (χ0) is 8.69. The smallest absolute Gasteiger partial charge is 0.409 e. The molecule has 0 fully saturated rings. The van der Waals surface area contributed by atoms with Crippen molar-refractivity contribution in [3.63, 3.8) is 0 Å². The summed E-state index contributed by atoms with van der Waals surface area (Å²) in [6.45, 7) is 0.116. The number of rotatable bonds is 4. The average Bonchev–Trinajstić information content (AvgIpc) is 2.03. The molecule has 0 atom stereocenters. The molecule has 66 valence electrons. The molecule has 2 N–H and O–H groups in total. The van der Waals surface area contributed by atoms with Gasteiger partial charge in [-0.3, -0.25) is 0 Å². The van der Waals surface area contributed by atoms with Crippen molar-refractivity contribution in [2.24, 2.45) is 0 Å². The SMILES string of the molecule is COC(=O)N(CCO)CCO. The lowest BCUT2D eigenvalue weighted by atomic mass is 10.5. The Kier molecular flexibility index (Phi) is 5.50. The first-order valence-corrected chi connectivity index (χ1v) is 3.31. The second-order valence-electron chi connectivity index (χ2n) is 1.90. The molecule has 0 unspecified atom stereocenters. The number of nitrogens with zero attached hydrogens (tertiary/aromatic N) is 1. The summed E-state index contributed by atoms with van der Waals surface area (Å²) in [6, 6.07) is 0. The van der Waals surface area contributed by atoms with Crippen LogP contribution in [0.15, 0.2) is 0 Å². The fraction of sp³-hybridized carbons (Fsp3) is 0.833. The summed E-state index contributed by atoms with van der Waals surface area (Å²) >= 11 is 0. The van der Waals surface area contributed by atoms with Gasteiger partial charge in [-0.2, -0.15) is 0 Å². The maximum atomic E-state index is 10.8. The quantitative estimate of drug-likeness (QED) is 0.560. The average molecular weight is 163 g/mol. The molecule has 0 spiro atoms. The first-order chi connectivity index (χ1) is 5.26.